The van der Waals surface area contributed by atoms with Crippen LogP contribution in [-0.4, -0.2) is 37.2 Å². The Morgan fingerprint density at radius 3 is 0.891 bits per heavy atom. The Morgan fingerprint density at radius 1 is 0.345 bits per heavy atom. The molecule has 0 fully saturated rings. The second-order valence-corrected chi connectivity index (χ2v) is 17.2. The van der Waals surface area contributed by atoms with Crippen LogP contribution >= 0.6 is 0 Å². The van der Waals surface area contributed by atoms with E-state index in [2.05, 4.69) is 27.7 Å². The van der Waals surface area contributed by atoms with Gasteiger partial charge in [0.25, 0.3) is 0 Å². The summed E-state index contributed by atoms with van der Waals surface area (Å²) >= 11 is 0. The van der Waals surface area contributed by atoms with E-state index in [9.17, 15) is 14.4 Å². The van der Waals surface area contributed by atoms with Crippen molar-refractivity contribution in [3.05, 3.63) is 0 Å². The Hall–Kier alpha value is -1.59. The highest BCUT2D eigenvalue weighted by Gasteiger charge is 2.19. The molecule has 0 aromatic heterocycles. The first-order valence-electron chi connectivity index (χ1n) is 24.4. The third kappa shape index (κ3) is 43.4. The van der Waals surface area contributed by atoms with Crippen LogP contribution in [0, 0.1) is 5.92 Å². The van der Waals surface area contributed by atoms with Crippen LogP contribution in [0.1, 0.15) is 272 Å². The molecule has 0 aromatic carbocycles. The van der Waals surface area contributed by atoms with Gasteiger partial charge in [-0.15, -0.1) is 0 Å². The van der Waals surface area contributed by atoms with E-state index >= 15 is 0 Å². The zero-order chi connectivity index (χ0) is 40.3. The lowest BCUT2D eigenvalue weighted by molar-refractivity contribution is -0.167. The molecule has 0 saturated carbocycles. The van der Waals surface area contributed by atoms with Gasteiger partial charge in [0, 0.05) is 19.3 Å². The van der Waals surface area contributed by atoms with Crippen LogP contribution in [0.5, 0.6) is 0 Å². The summed E-state index contributed by atoms with van der Waals surface area (Å²) in [6, 6.07) is 0. The smallest absolute Gasteiger partial charge is 0.306 e. The van der Waals surface area contributed by atoms with Gasteiger partial charge in [-0.3, -0.25) is 14.4 Å². The summed E-state index contributed by atoms with van der Waals surface area (Å²) in [6.45, 7) is 9.00. The molecule has 0 aromatic rings. The van der Waals surface area contributed by atoms with E-state index < -0.39 is 6.10 Å². The number of esters is 3. The first-order valence-corrected chi connectivity index (χ1v) is 24.4. The minimum Gasteiger partial charge on any atom is -0.462 e. The maximum Gasteiger partial charge on any atom is 0.306 e. The van der Waals surface area contributed by atoms with Gasteiger partial charge in [0.15, 0.2) is 6.10 Å². The fourth-order valence-electron chi connectivity index (χ4n) is 7.33. The number of unbranched alkanes of at least 4 members (excludes halogenated alkanes) is 31. The number of hydrogen-bond donors (Lipinski definition) is 0. The summed E-state index contributed by atoms with van der Waals surface area (Å²) in [4.78, 5) is 37.7. The molecule has 0 amide bonds. The van der Waals surface area contributed by atoms with E-state index in [-0.39, 0.29) is 31.1 Å². The molecule has 0 bridgehead atoms. The van der Waals surface area contributed by atoms with Gasteiger partial charge in [0.1, 0.15) is 13.2 Å². The first-order chi connectivity index (χ1) is 26.9. The van der Waals surface area contributed by atoms with Crippen LogP contribution in [0.15, 0.2) is 0 Å². The van der Waals surface area contributed by atoms with Gasteiger partial charge in [-0.05, 0) is 25.2 Å². The molecule has 326 valence electrons. The van der Waals surface area contributed by atoms with Crippen LogP contribution in [-0.2, 0) is 28.6 Å². The van der Waals surface area contributed by atoms with Crippen LogP contribution in [0.2, 0.25) is 0 Å². The molecule has 6 nitrogen and oxygen atoms in total. The van der Waals surface area contributed by atoms with Gasteiger partial charge >= 0.3 is 17.9 Å². The molecule has 0 rings (SSSR count). The molecular weight excluding hydrogens is 685 g/mol. The van der Waals surface area contributed by atoms with Gasteiger partial charge in [-0.25, -0.2) is 0 Å². The topological polar surface area (TPSA) is 78.9 Å². The summed E-state index contributed by atoms with van der Waals surface area (Å²) < 4.78 is 16.7. The Kier molecular flexibility index (Phi) is 42.3. The van der Waals surface area contributed by atoms with Gasteiger partial charge in [-0.1, -0.05) is 233 Å². The van der Waals surface area contributed by atoms with Gasteiger partial charge in [0.2, 0.25) is 0 Å². The van der Waals surface area contributed by atoms with E-state index in [0.717, 1.165) is 63.7 Å². The largest absolute Gasteiger partial charge is 0.462 e. The van der Waals surface area contributed by atoms with Crippen molar-refractivity contribution < 1.29 is 28.6 Å². The minimum atomic E-state index is -0.759. The highest BCUT2D eigenvalue weighted by molar-refractivity contribution is 5.71. The maximum atomic E-state index is 12.7. The predicted molar refractivity (Wildman–Crippen MR) is 233 cm³/mol. The maximum absolute atomic E-state index is 12.7. The second-order valence-electron chi connectivity index (χ2n) is 17.2. The van der Waals surface area contributed by atoms with Crippen molar-refractivity contribution in [1.29, 1.82) is 0 Å². The summed E-state index contributed by atoms with van der Waals surface area (Å²) in [7, 11) is 0. The van der Waals surface area contributed by atoms with Crippen LogP contribution in [0.3, 0.4) is 0 Å². The fraction of sp³-hybridized carbons (Fsp3) is 0.939. The zero-order valence-corrected chi connectivity index (χ0v) is 37.4. The van der Waals surface area contributed by atoms with Crippen LogP contribution in [0.25, 0.3) is 0 Å². The molecule has 0 unspecified atom stereocenters. The number of carbonyl (C=O) groups excluding carboxylic acids is 3. The molecule has 0 aliphatic carbocycles. The van der Waals surface area contributed by atoms with Crippen LogP contribution in [0.4, 0.5) is 0 Å². The Labute approximate surface area is 342 Å². The number of hydrogen-bond acceptors (Lipinski definition) is 6. The molecule has 0 saturated heterocycles. The quantitative estimate of drug-likeness (QED) is 0.0348. The Morgan fingerprint density at radius 2 is 0.600 bits per heavy atom. The van der Waals surface area contributed by atoms with Crippen molar-refractivity contribution in [2.75, 3.05) is 13.2 Å². The summed E-state index contributed by atoms with van der Waals surface area (Å²) in [5.74, 6) is -0.00821. The van der Waals surface area contributed by atoms with Crippen molar-refractivity contribution >= 4 is 17.9 Å². The van der Waals surface area contributed by atoms with E-state index in [1.807, 2.05) is 0 Å². The normalized spacial score (nSPS) is 11.9. The fourth-order valence-corrected chi connectivity index (χ4v) is 7.33. The molecule has 0 aliphatic heterocycles. The lowest BCUT2D eigenvalue weighted by atomic mass is 10.0. The molecule has 1 atom stereocenters. The molecule has 0 aliphatic rings. The first kappa shape index (κ1) is 53.4. The molecule has 0 heterocycles. The van der Waals surface area contributed by atoms with Crippen molar-refractivity contribution in [3.8, 4) is 0 Å². The summed E-state index contributed by atoms with van der Waals surface area (Å²) in [5.41, 5.74) is 0. The zero-order valence-electron chi connectivity index (χ0n) is 37.4. The number of carbonyl (C=O) groups is 3. The van der Waals surface area contributed by atoms with E-state index in [1.165, 1.54) is 167 Å². The standard InChI is InChI=1S/C49H94O6/c1-5-7-9-11-13-15-20-25-29-33-37-41-48(51)54-44-46(43-53-47(50)40-36-32-28-23-14-12-10-8-6-2)55-49(52)42-38-34-30-26-22-19-17-16-18-21-24-27-31-35-39-45(3)4/h45-46H,5-44H2,1-4H3/t46-/m1/s1. The van der Waals surface area contributed by atoms with Gasteiger partial charge < -0.3 is 14.2 Å². The molecular formula is C49H94O6. The van der Waals surface area contributed by atoms with Crippen molar-refractivity contribution in [1.82, 2.24) is 0 Å². The van der Waals surface area contributed by atoms with E-state index in [0.29, 0.717) is 19.3 Å². The highest BCUT2D eigenvalue weighted by Crippen LogP contribution is 2.17. The lowest BCUT2D eigenvalue weighted by Crippen LogP contribution is -2.30. The molecule has 6 heteroatoms. The molecule has 0 spiro atoms. The van der Waals surface area contributed by atoms with Gasteiger partial charge in [0.05, 0.1) is 0 Å². The molecule has 0 N–H and O–H groups in total. The number of ether oxygens (including phenoxy) is 3. The number of rotatable bonds is 44. The third-order valence-electron chi connectivity index (χ3n) is 11.0. The van der Waals surface area contributed by atoms with Gasteiger partial charge in [-0.2, -0.15) is 0 Å². The second kappa shape index (κ2) is 43.5. The molecule has 0 radical (unpaired) electrons. The monoisotopic (exact) mass is 779 g/mol. The van der Waals surface area contributed by atoms with E-state index in [1.54, 1.807) is 0 Å². The van der Waals surface area contributed by atoms with Crippen molar-refractivity contribution in [2.45, 2.75) is 278 Å². The SMILES string of the molecule is CCCCCCCCCCCCCC(=O)OC[C@@H](COC(=O)CCCCCCCCCCC)OC(=O)CCCCCCCCCCCCCCCCC(C)C. The highest BCUT2D eigenvalue weighted by atomic mass is 16.6. The van der Waals surface area contributed by atoms with Crippen molar-refractivity contribution in [2.24, 2.45) is 5.92 Å². The lowest BCUT2D eigenvalue weighted by Gasteiger charge is -2.18. The average molecular weight is 779 g/mol. The predicted octanol–water partition coefficient (Wildman–Crippen LogP) is 15.5. The Bertz CT molecular complexity index is 826. The minimum absolute atomic E-state index is 0.0633. The summed E-state index contributed by atoms with van der Waals surface area (Å²) in [5, 5.41) is 0. The average Bonchev–Trinajstić information content (AvgIpc) is 3.17. The molecule has 55 heavy (non-hydrogen) atoms. The van der Waals surface area contributed by atoms with E-state index in [4.69, 9.17) is 14.2 Å². The Balaban J connectivity index is 4.26. The summed E-state index contributed by atoms with van der Waals surface area (Å²) in [6.07, 6.45) is 43.7. The third-order valence-corrected chi connectivity index (χ3v) is 11.0. The van der Waals surface area contributed by atoms with Crippen molar-refractivity contribution in [3.63, 3.8) is 0 Å². The van der Waals surface area contributed by atoms with Crippen LogP contribution < -0.4 is 0 Å².